The van der Waals surface area contributed by atoms with E-state index in [0.29, 0.717) is 24.1 Å². The molecule has 0 N–H and O–H groups in total. The maximum atomic E-state index is 13.0. The summed E-state index contributed by atoms with van der Waals surface area (Å²) < 4.78 is 8.56. The molecule has 0 spiro atoms. The number of nitrogens with zero attached hydrogens (tertiary/aromatic N) is 6. The number of ether oxygens (including phenoxy) is 1. The molecule has 0 bridgehead atoms. The molecule has 1 fully saturated rings. The molecule has 4 rings (SSSR count). The molecule has 1 atom stereocenters. The number of pyridine rings is 1. The Bertz CT molecular complexity index is 1020. The van der Waals surface area contributed by atoms with Gasteiger partial charge in [0.05, 0.1) is 24.5 Å². The Hall–Kier alpha value is -3.07. The molecule has 4 heterocycles. The lowest BCUT2D eigenvalue weighted by Crippen LogP contribution is -2.40. The lowest BCUT2D eigenvalue weighted by Gasteiger charge is -2.25. The van der Waals surface area contributed by atoms with Crippen LogP contribution < -0.4 is 5.56 Å². The summed E-state index contributed by atoms with van der Waals surface area (Å²) in [4.78, 5) is 36.0. The van der Waals surface area contributed by atoms with Crippen molar-refractivity contribution >= 4 is 16.9 Å². The molecule has 1 aliphatic heterocycles. The zero-order valence-corrected chi connectivity index (χ0v) is 15.7. The Balaban J connectivity index is 1.56. The lowest BCUT2D eigenvalue weighted by molar-refractivity contribution is -0.134. The fourth-order valence-corrected chi connectivity index (χ4v) is 3.40. The molecule has 3 aromatic heterocycles. The Kier molecular flexibility index (Phi) is 5.16. The van der Waals surface area contributed by atoms with Crippen LogP contribution >= 0.6 is 0 Å². The second-order valence-electron chi connectivity index (χ2n) is 6.91. The van der Waals surface area contributed by atoms with Crippen molar-refractivity contribution in [2.24, 2.45) is 7.05 Å². The van der Waals surface area contributed by atoms with Crippen molar-refractivity contribution < 1.29 is 9.53 Å². The van der Waals surface area contributed by atoms with Gasteiger partial charge in [-0.25, -0.2) is 4.98 Å². The van der Waals surface area contributed by atoms with Crippen molar-refractivity contribution in [3.8, 4) is 0 Å². The first-order valence-electron chi connectivity index (χ1n) is 9.28. The molecule has 1 unspecified atom stereocenters. The van der Waals surface area contributed by atoms with E-state index in [4.69, 9.17) is 4.74 Å². The molecule has 146 valence electrons. The van der Waals surface area contributed by atoms with Gasteiger partial charge < -0.3 is 9.64 Å². The van der Waals surface area contributed by atoms with Gasteiger partial charge in [0.15, 0.2) is 5.65 Å². The third-order valence-corrected chi connectivity index (χ3v) is 4.90. The highest BCUT2D eigenvalue weighted by atomic mass is 16.5. The zero-order valence-electron chi connectivity index (χ0n) is 15.7. The highest BCUT2D eigenvalue weighted by molar-refractivity contribution is 5.77. The number of carbonyl (C=O) groups excluding carboxylic acids is 1. The Labute approximate surface area is 161 Å². The minimum atomic E-state index is -0.277. The van der Waals surface area contributed by atoms with Gasteiger partial charge in [-0.15, -0.1) is 0 Å². The van der Waals surface area contributed by atoms with E-state index in [2.05, 4.69) is 15.1 Å². The van der Waals surface area contributed by atoms with E-state index in [0.717, 1.165) is 25.1 Å². The maximum Gasteiger partial charge on any atom is 0.264 e. The average Bonchev–Trinajstić information content (AvgIpc) is 3.34. The quantitative estimate of drug-likeness (QED) is 0.624. The number of hydrogen-bond donors (Lipinski definition) is 0. The molecule has 9 heteroatoms. The monoisotopic (exact) mass is 382 g/mol. The van der Waals surface area contributed by atoms with E-state index in [1.54, 1.807) is 18.1 Å². The summed E-state index contributed by atoms with van der Waals surface area (Å²) in [5, 5.41) is 4.45. The SMILES string of the molecule is Cn1ncc2c(=O)n(CC(=O)N(Cc3ccccn3)CC3CCCO3)cnc21. The van der Waals surface area contributed by atoms with Crippen LogP contribution in [0.4, 0.5) is 0 Å². The summed E-state index contributed by atoms with van der Waals surface area (Å²) in [6, 6.07) is 5.61. The number of fused-ring (bicyclic) bond motifs is 1. The average molecular weight is 382 g/mol. The summed E-state index contributed by atoms with van der Waals surface area (Å²) in [7, 11) is 1.72. The molecule has 0 saturated carbocycles. The molecule has 9 nitrogen and oxygen atoms in total. The van der Waals surface area contributed by atoms with Crippen molar-refractivity contribution in [3.63, 3.8) is 0 Å². The molecule has 1 aliphatic rings. The Morgan fingerprint density at radius 2 is 2.25 bits per heavy atom. The third-order valence-electron chi connectivity index (χ3n) is 4.90. The van der Waals surface area contributed by atoms with E-state index >= 15 is 0 Å². The van der Waals surface area contributed by atoms with Crippen molar-refractivity contribution in [1.29, 1.82) is 0 Å². The van der Waals surface area contributed by atoms with Gasteiger partial charge in [0.2, 0.25) is 5.91 Å². The van der Waals surface area contributed by atoms with Crippen molar-refractivity contribution in [2.45, 2.75) is 32.0 Å². The molecule has 28 heavy (non-hydrogen) atoms. The topological polar surface area (TPSA) is 95.1 Å². The molecule has 3 aromatic rings. The van der Waals surface area contributed by atoms with Gasteiger partial charge in [0, 0.05) is 26.4 Å². The maximum absolute atomic E-state index is 13.0. The normalized spacial score (nSPS) is 16.5. The lowest BCUT2D eigenvalue weighted by atomic mass is 10.2. The van der Waals surface area contributed by atoms with Crippen molar-refractivity contribution in [3.05, 3.63) is 53.0 Å². The van der Waals surface area contributed by atoms with E-state index in [1.807, 2.05) is 18.2 Å². The molecule has 0 radical (unpaired) electrons. The van der Waals surface area contributed by atoms with Crippen LogP contribution in [0.25, 0.3) is 11.0 Å². The first-order chi connectivity index (χ1) is 13.6. The van der Waals surface area contributed by atoms with Crippen LogP contribution in [0.3, 0.4) is 0 Å². The van der Waals surface area contributed by atoms with Gasteiger partial charge in [-0.05, 0) is 25.0 Å². The summed E-state index contributed by atoms with van der Waals surface area (Å²) >= 11 is 0. The first-order valence-corrected chi connectivity index (χ1v) is 9.28. The molecule has 0 aromatic carbocycles. The molecular formula is C19H22N6O3. The minimum Gasteiger partial charge on any atom is -0.376 e. The van der Waals surface area contributed by atoms with E-state index in [-0.39, 0.29) is 24.1 Å². The van der Waals surface area contributed by atoms with Crippen molar-refractivity contribution in [1.82, 2.24) is 29.2 Å². The van der Waals surface area contributed by atoms with E-state index in [1.165, 1.54) is 21.8 Å². The van der Waals surface area contributed by atoms with Gasteiger partial charge in [0.1, 0.15) is 18.3 Å². The van der Waals surface area contributed by atoms with Crippen LogP contribution in [0.15, 0.2) is 41.7 Å². The summed E-state index contributed by atoms with van der Waals surface area (Å²) in [5.74, 6) is -0.173. The summed E-state index contributed by atoms with van der Waals surface area (Å²) in [6.07, 6.45) is 6.52. The van der Waals surface area contributed by atoms with Crippen molar-refractivity contribution in [2.75, 3.05) is 13.2 Å². The van der Waals surface area contributed by atoms with E-state index in [9.17, 15) is 9.59 Å². The second-order valence-corrected chi connectivity index (χ2v) is 6.91. The highest BCUT2D eigenvalue weighted by Crippen LogP contribution is 2.15. The fraction of sp³-hybridized carbons (Fsp3) is 0.421. The molecule has 0 aliphatic carbocycles. The summed E-state index contributed by atoms with van der Waals surface area (Å²) in [5.41, 5.74) is 1.02. The van der Waals surface area contributed by atoms with Crippen LogP contribution in [-0.2, 0) is 29.7 Å². The largest absolute Gasteiger partial charge is 0.376 e. The van der Waals surface area contributed by atoms with E-state index < -0.39 is 0 Å². The predicted molar refractivity (Wildman–Crippen MR) is 101 cm³/mol. The first kappa shape index (κ1) is 18.3. The van der Waals surface area contributed by atoms with Gasteiger partial charge in [0.25, 0.3) is 5.56 Å². The van der Waals surface area contributed by atoms with Gasteiger partial charge in [-0.3, -0.25) is 23.8 Å². The van der Waals surface area contributed by atoms with Crippen LogP contribution in [0.5, 0.6) is 0 Å². The van der Waals surface area contributed by atoms with Crippen LogP contribution in [0.2, 0.25) is 0 Å². The molecule has 1 amide bonds. The van der Waals surface area contributed by atoms with Crippen LogP contribution in [0, 0.1) is 0 Å². The fourth-order valence-electron chi connectivity index (χ4n) is 3.40. The number of aromatic nitrogens is 5. The third kappa shape index (κ3) is 3.79. The smallest absolute Gasteiger partial charge is 0.264 e. The van der Waals surface area contributed by atoms with Crippen LogP contribution in [0.1, 0.15) is 18.5 Å². The number of rotatable bonds is 6. The molecular weight excluding hydrogens is 360 g/mol. The predicted octanol–water partition coefficient (Wildman–Crippen LogP) is 0.733. The van der Waals surface area contributed by atoms with Gasteiger partial charge >= 0.3 is 0 Å². The zero-order chi connectivity index (χ0) is 19.5. The summed E-state index contributed by atoms with van der Waals surface area (Å²) in [6.45, 7) is 1.48. The van der Waals surface area contributed by atoms with Gasteiger partial charge in [-0.2, -0.15) is 5.10 Å². The number of aryl methyl sites for hydroxylation is 1. The second kappa shape index (κ2) is 7.89. The number of carbonyl (C=O) groups is 1. The highest BCUT2D eigenvalue weighted by Gasteiger charge is 2.24. The Morgan fingerprint density at radius 3 is 3.00 bits per heavy atom. The standard InChI is InChI=1S/C19H22N6O3/c1-23-18-16(9-22-23)19(27)25(13-21-18)12-17(26)24(11-15-6-4-8-28-15)10-14-5-2-3-7-20-14/h2-3,5,7,9,13,15H,4,6,8,10-12H2,1H3. The van der Waals surface area contributed by atoms with Gasteiger partial charge in [-0.1, -0.05) is 6.07 Å². The molecule has 1 saturated heterocycles. The minimum absolute atomic E-state index is 0.0170. The van der Waals surface area contributed by atoms with Crippen LogP contribution in [-0.4, -0.2) is 54.4 Å². The Morgan fingerprint density at radius 1 is 1.36 bits per heavy atom. The number of hydrogen-bond acceptors (Lipinski definition) is 6. The number of amides is 1.